The van der Waals surface area contributed by atoms with Crippen molar-refractivity contribution in [3.05, 3.63) is 29.8 Å². The molecule has 0 amide bonds. The number of carbonyl (C=O) groups excluding carboxylic acids is 1. The summed E-state index contributed by atoms with van der Waals surface area (Å²) in [5.41, 5.74) is 1.43. The second kappa shape index (κ2) is 4.91. The van der Waals surface area contributed by atoms with Gasteiger partial charge in [-0.25, -0.2) is 0 Å². The van der Waals surface area contributed by atoms with E-state index in [9.17, 15) is 4.79 Å². The predicted octanol–water partition coefficient (Wildman–Crippen LogP) is 2.57. The van der Waals surface area contributed by atoms with Gasteiger partial charge in [0.1, 0.15) is 12.4 Å². The smallest absolute Gasteiger partial charge is 0.231 e. The van der Waals surface area contributed by atoms with Crippen molar-refractivity contribution in [3.63, 3.8) is 0 Å². The molecule has 0 unspecified atom stereocenters. The summed E-state index contributed by atoms with van der Waals surface area (Å²) in [5.74, 6) is 1.68. The molecule has 0 atom stereocenters. The third kappa shape index (κ3) is 2.41. The van der Waals surface area contributed by atoms with Crippen LogP contribution in [0.15, 0.2) is 24.3 Å². The van der Waals surface area contributed by atoms with E-state index in [0.29, 0.717) is 29.4 Å². The highest BCUT2D eigenvalue weighted by Gasteiger charge is 2.17. The Balaban J connectivity index is 2.20. The minimum Gasteiger partial charge on any atom is -0.488 e. The van der Waals surface area contributed by atoms with Gasteiger partial charge in [-0.3, -0.25) is 4.79 Å². The molecule has 0 spiro atoms. The molecule has 17 heavy (non-hydrogen) atoms. The van der Waals surface area contributed by atoms with Gasteiger partial charge in [-0.2, -0.15) is 0 Å². The molecule has 0 fully saturated rings. The fourth-order valence-corrected chi connectivity index (χ4v) is 1.44. The van der Waals surface area contributed by atoms with E-state index in [1.807, 2.05) is 6.92 Å². The van der Waals surface area contributed by atoms with Crippen molar-refractivity contribution in [2.45, 2.75) is 13.3 Å². The van der Waals surface area contributed by atoms with Crippen molar-refractivity contribution in [2.75, 3.05) is 13.4 Å². The third-order valence-corrected chi connectivity index (χ3v) is 2.56. The van der Waals surface area contributed by atoms with Gasteiger partial charge in [0, 0.05) is 6.07 Å². The molecule has 1 aliphatic rings. The van der Waals surface area contributed by atoms with E-state index in [2.05, 4.69) is 6.58 Å². The summed E-state index contributed by atoms with van der Waals surface area (Å²) in [6.07, 6.45) is 1.59. The maximum absolute atomic E-state index is 10.9. The SMILES string of the molecule is C=C(CC)COc1cc2c(cc1C=O)OCO2. The Bertz CT molecular complexity index is 451. The standard InChI is InChI=1S/C13H14O4/c1-3-9(2)7-15-11-5-13-12(16-8-17-13)4-10(11)6-14/h4-6H,2-3,7-8H2,1H3. The van der Waals surface area contributed by atoms with E-state index in [0.717, 1.165) is 18.3 Å². The summed E-state index contributed by atoms with van der Waals surface area (Å²) in [4.78, 5) is 10.9. The molecule has 1 aliphatic heterocycles. The monoisotopic (exact) mass is 234 g/mol. The lowest BCUT2D eigenvalue weighted by Gasteiger charge is -2.10. The van der Waals surface area contributed by atoms with Gasteiger partial charge < -0.3 is 14.2 Å². The van der Waals surface area contributed by atoms with Gasteiger partial charge in [0.25, 0.3) is 0 Å². The van der Waals surface area contributed by atoms with Crippen LogP contribution in [-0.2, 0) is 0 Å². The van der Waals surface area contributed by atoms with Crippen LogP contribution in [0.1, 0.15) is 23.7 Å². The lowest BCUT2D eigenvalue weighted by atomic mass is 10.2. The minimum absolute atomic E-state index is 0.179. The lowest BCUT2D eigenvalue weighted by molar-refractivity contribution is 0.111. The van der Waals surface area contributed by atoms with Gasteiger partial charge in [-0.15, -0.1) is 0 Å². The molecular weight excluding hydrogens is 220 g/mol. The normalized spacial score (nSPS) is 12.3. The Morgan fingerprint density at radius 2 is 2.18 bits per heavy atom. The fraction of sp³-hybridized carbons (Fsp3) is 0.308. The maximum atomic E-state index is 10.9. The van der Waals surface area contributed by atoms with Gasteiger partial charge in [0.15, 0.2) is 17.8 Å². The van der Waals surface area contributed by atoms with E-state index in [4.69, 9.17) is 14.2 Å². The molecule has 0 saturated heterocycles. The van der Waals surface area contributed by atoms with E-state index >= 15 is 0 Å². The van der Waals surface area contributed by atoms with E-state index in [-0.39, 0.29) is 6.79 Å². The van der Waals surface area contributed by atoms with Crippen LogP contribution >= 0.6 is 0 Å². The zero-order chi connectivity index (χ0) is 12.3. The van der Waals surface area contributed by atoms with Gasteiger partial charge in [0.05, 0.1) is 5.56 Å². The first-order valence-electron chi connectivity index (χ1n) is 5.43. The molecule has 2 rings (SSSR count). The second-order valence-electron chi connectivity index (χ2n) is 3.75. The van der Waals surface area contributed by atoms with Crippen molar-refractivity contribution >= 4 is 6.29 Å². The van der Waals surface area contributed by atoms with E-state index < -0.39 is 0 Å². The van der Waals surface area contributed by atoms with Crippen molar-refractivity contribution in [1.29, 1.82) is 0 Å². The van der Waals surface area contributed by atoms with E-state index in [1.165, 1.54) is 0 Å². The average Bonchev–Trinajstić information content (AvgIpc) is 2.81. The molecule has 0 saturated carbocycles. The maximum Gasteiger partial charge on any atom is 0.231 e. The zero-order valence-corrected chi connectivity index (χ0v) is 9.69. The van der Waals surface area contributed by atoms with Crippen molar-refractivity contribution in [3.8, 4) is 17.2 Å². The Morgan fingerprint density at radius 3 is 2.82 bits per heavy atom. The van der Waals surface area contributed by atoms with Gasteiger partial charge >= 0.3 is 0 Å². The highest BCUT2D eigenvalue weighted by atomic mass is 16.7. The van der Waals surface area contributed by atoms with Crippen molar-refractivity contribution in [1.82, 2.24) is 0 Å². The van der Waals surface area contributed by atoms with Crippen LogP contribution in [0.2, 0.25) is 0 Å². The Labute approximate surface area is 99.8 Å². The minimum atomic E-state index is 0.179. The largest absolute Gasteiger partial charge is 0.488 e. The number of carbonyl (C=O) groups is 1. The van der Waals surface area contributed by atoms with Gasteiger partial charge in [0.2, 0.25) is 6.79 Å². The van der Waals surface area contributed by atoms with Crippen LogP contribution in [0.3, 0.4) is 0 Å². The van der Waals surface area contributed by atoms with Crippen LogP contribution in [0.4, 0.5) is 0 Å². The number of aldehydes is 1. The molecule has 0 N–H and O–H groups in total. The second-order valence-corrected chi connectivity index (χ2v) is 3.75. The third-order valence-electron chi connectivity index (χ3n) is 2.56. The summed E-state index contributed by atoms with van der Waals surface area (Å²) >= 11 is 0. The summed E-state index contributed by atoms with van der Waals surface area (Å²) in [5, 5.41) is 0. The average molecular weight is 234 g/mol. The molecule has 1 aromatic rings. The Kier molecular flexibility index (Phi) is 3.32. The van der Waals surface area contributed by atoms with E-state index in [1.54, 1.807) is 12.1 Å². The topological polar surface area (TPSA) is 44.8 Å². The number of hydrogen-bond acceptors (Lipinski definition) is 4. The van der Waals surface area contributed by atoms with Crippen molar-refractivity contribution in [2.24, 2.45) is 0 Å². The first-order valence-corrected chi connectivity index (χ1v) is 5.43. The van der Waals surface area contributed by atoms with Crippen LogP contribution in [0.25, 0.3) is 0 Å². The Hall–Kier alpha value is -1.97. The number of benzene rings is 1. The molecule has 0 radical (unpaired) electrons. The molecule has 4 nitrogen and oxygen atoms in total. The number of rotatable bonds is 5. The number of fused-ring (bicyclic) bond motifs is 1. The zero-order valence-electron chi connectivity index (χ0n) is 9.69. The van der Waals surface area contributed by atoms with Gasteiger partial charge in [-0.05, 0) is 18.1 Å². The quantitative estimate of drug-likeness (QED) is 0.580. The molecular formula is C13H14O4. The summed E-state index contributed by atoms with van der Waals surface area (Å²) in [6, 6.07) is 3.30. The molecule has 0 aliphatic carbocycles. The fourth-order valence-electron chi connectivity index (χ4n) is 1.44. The number of ether oxygens (including phenoxy) is 3. The Morgan fingerprint density at radius 1 is 1.47 bits per heavy atom. The molecule has 1 heterocycles. The van der Waals surface area contributed by atoms with Crippen LogP contribution in [-0.4, -0.2) is 19.7 Å². The molecule has 0 aromatic heterocycles. The molecule has 4 heteroatoms. The lowest BCUT2D eigenvalue weighted by Crippen LogP contribution is -2.01. The number of hydrogen-bond donors (Lipinski definition) is 0. The molecule has 1 aromatic carbocycles. The first-order chi connectivity index (χ1) is 8.24. The first kappa shape index (κ1) is 11.5. The summed E-state index contributed by atoms with van der Waals surface area (Å²) in [7, 11) is 0. The van der Waals surface area contributed by atoms with Crippen molar-refractivity contribution < 1.29 is 19.0 Å². The summed E-state index contributed by atoms with van der Waals surface area (Å²) < 4.78 is 16.0. The molecule has 90 valence electrons. The predicted molar refractivity (Wildman–Crippen MR) is 62.9 cm³/mol. The highest BCUT2D eigenvalue weighted by molar-refractivity contribution is 5.81. The summed E-state index contributed by atoms with van der Waals surface area (Å²) in [6.45, 7) is 6.43. The van der Waals surface area contributed by atoms with Crippen LogP contribution in [0, 0.1) is 0 Å². The highest BCUT2D eigenvalue weighted by Crippen LogP contribution is 2.37. The van der Waals surface area contributed by atoms with Crippen LogP contribution in [0.5, 0.6) is 17.2 Å². The van der Waals surface area contributed by atoms with Crippen LogP contribution < -0.4 is 14.2 Å². The van der Waals surface area contributed by atoms with Gasteiger partial charge in [-0.1, -0.05) is 13.5 Å². The molecule has 0 bridgehead atoms.